The number of azide groups is 2. The van der Waals surface area contributed by atoms with Crippen LogP contribution < -0.4 is 22.5 Å². The van der Waals surface area contributed by atoms with Gasteiger partial charge in [-0.25, -0.2) is 9.59 Å². The van der Waals surface area contributed by atoms with Crippen molar-refractivity contribution in [3.63, 3.8) is 0 Å². The minimum absolute atomic E-state index is 0.215. The SMILES string of the molecule is Cc1cn([C@@]2(N=[N+]=[N-])CC[C@@H](CO)O2)c(=O)[nH]c1=O.Cc1cn([C@H]2C[C@@](O)(N=[N+]=[N-])[C@@H](CO)O2)c(=O)[nH]c1=O. The number of rotatable bonds is 6. The number of aromatic amines is 2. The van der Waals surface area contributed by atoms with Crippen LogP contribution in [0.1, 0.15) is 36.6 Å². The number of aromatic nitrogens is 4. The molecule has 2 aromatic rings. The fourth-order valence-corrected chi connectivity index (χ4v) is 4.13. The van der Waals surface area contributed by atoms with Crippen molar-refractivity contribution in [1.82, 2.24) is 19.1 Å². The van der Waals surface area contributed by atoms with Gasteiger partial charge in [0.05, 0.1) is 19.3 Å². The summed E-state index contributed by atoms with van der Waals surface area (Å²) in [5.74, 6) is -1.53. The van der Waals surface area contributed by atoms with Crippen LogP contribution in [0.2, 0.25) is 0 Å². The maximum atomic E-state index is 11.8. The minimum Gasteiger partial charge on any atom is -0.394 e. The lowest BCUT2D eigenvalue weighted by atomic mass is 10.1. The quantitative estimate of drug-likeness (QED) is 0.168. The summed E-state index contributed by atoms with van der Waals surface area (Å²) in [5.41, 5.74) is 13.3. The van der Waals surface area contributed by atoms with E-state index in [1.54, 1.807) is 0 Å². The molecule has 0 spiro atoms. The van der Waals surface area contributed by atoms with Gasteiger partial charge in [-0.05, 0) is 36.4 Å². The largest absolute Gasteiger partial charge is 0.394 e. The van der Waals surface area contributed by atoms with E-state index in [1.165, 1.54) is 26.2 Å². The maximum absolute atomic E-state index is 11.8. The van der Waals surface area contributed by atoms with E-state index in [4.69, 9.17) is 30.7 Å². The molecule has 5 N–H and O–H groups in total. The van der Waals surface area contributed by atoms with Crippen LogP contribution in [0, 0.1) is 13.8 Å². The number of nitrogens with one attached hydrogen (secondary N) is 2. The fourth-order valence-electron chi connectivity index (χ4n) is 4.13. The standard InChI is InChI=1S/C10H13N5O5.C10H13N5O4/c1-5-3-15(9(18)12-8(5)17)7-2-10(19,13-14-11)6(4-16)20-7;1-6-4-15(9(18)12-8(6)17)10(13-14-11)3-2-7(5-16)19-10/h3,6-7,16,19H,2,4H2,1H3,(H,12,17,18);4,7,16H,2-3,5H2,1H3,(H,12,17,18)/t6-,7-,10+;7-,10-/m10/s1. The van der Waals surface area contributed by atoms with Crippen LogP contribution in [0.4, 0.5) is 0 Å². The van der Waals surface area contributed by atoms with Crippen molar-refractivity contribution in [2.75, 3.05) is 13.2 Å². The molecule has 19 nitrogen and oxygen atoms in total. The summed E-state index contributed by atoms with van der Waals surface area (Å²) in [7, 11) is 0. The normalized spacial score (nSPS) is 27.7. The van der Waals surface area contributed by atoms with E-state index in [9.17, 15) is 24.3 Å². The Kier molecular flexibility index (Phi) is 8.78. The molecule has 19 heteroatoms. The lowest BCUT2D eigenvalue weighted by Gasteiger charge is -2.26. The van der Waals surface area contributed by atoms with Crippen molar-refractivity contribution in [3.05, 3.63) is 86.1 Å². The molecule has 2 aromatic heterocycles. The number of hydrogen-bond acceptors (Lipinski definition) is 11. The van der Waals surface area contributed by atoms with Gasteiger partial charge in [0.25, 0.3) is 11.1 Å². The molecular formula is C20H26N10O9. The Morgan fingerprint density at radius 2 is 1.64 bits per heavy atom. The predicted molar refractivity (Wildman–Crippen MR) is 130 cm³/mol. The number of ether oxygens (including phenoxy) is 2. The second-order valence-corrected chi connectivity index (χ2v) is 8.85. The summed E-state index contributed by atoms with van der Waals surface area (Å²) in [6, 6.07) is 0. The molecule has 2 aliphatic heterocycles. The summed E-state index contributed by atoms with van der Waals surface area (Å²) >= 11 is 0. The zero-order valence-corrected chi connectivity index (χ0v) is 20.8. The fraction of sp³-hybridized carbons (Fsp3) is 0.600. The Morgan fingerprint density at radius 3 is 2.21 bits per heavy atom. The third-order valence-corrected chi connectivity index (χ3v) is 6.20. The van der Waals surface area contributed by atoms with E-state index in [0.717, 1.165) is 9.13 Å². The zero-order chi connectivity index (χ0) is 29.0. The zero-order valence-electron chi connectivity index (χ0n) is 20.8. The molecular weight excluding hydrogens is 524 g/mol. The van der Waals surface area contributed by atoms with Crippen molar-refractivity contribution in [3.8, 4) is 0 Å². The molecule has 5 atom stereocenters. The number of hydrogen-bond donors (Lipinski definition) is 5. The van der Waals surface area contributed by atoms with E-state index in [0.29, 0.717) is 12.0 Å². The molecule has 0 radical (unpaired) electrons. The molecule has 2 fully saturated rings. The molecule has 0 aliphatic carbocycles. The topological polar surface area (TPSA) is 286 Å². The van der Waals surface area contributed by atoms with Gasteiger partial charge in [0.2, 0.25) is 5.85 Å². The molecule has 0 aromatic carbocycles. The van der Waals surface area contributed by atoms with Crippen LogP contribution in [0.3, 0.4) is 0 Å². The summed E-state index contributed by atoms with van der Waals surface area (Å²) < 4.78 is 12.9. The number of aliphatic hydroxyl groups is 3. The van der Waals surface area contributed by atoms with Crippen LogP contribution in [0.25, 0.3) is 20.9 Å². The molecule has 4 heterocycles. The molecule has 4 rings (SSSR count). The summed E-state index contributed by atoms with van der Waals surface area (Å²) in [4.78, 5) is 55.6. The van der Waals surface area contributed by atoms with Gasteiger partial charge in [0.15, 0.2) is 5.72 Å². The second-order valence-electron chi connectivity index (χ2n) is 8.85. The molecule has 2 saturated heterocycles. The van der Waals surface area contributed by atoms with Crippen LogP contribution in [0.5, 0.6) is 0 Å². The highest BCUT2D eigenvalue weighted by atomic mass is 16.6. The molecule has 210 valence electrons. The van der Waals surface area contributed by atoms with Gasteiger partial charge in [-0.1, -0.05) is 5.11 Å². The number of H-pyrrole nitrogens is 2. The van der Waals surface area contributed by atoms with Gasteiger partial charge in [0, 0.05) is 46.2 Å². The minimum atomic E-state index is -1.95. The predicted octanol–water partition coefficient (Wildman–Crippen LogP) is -0.939. The number of aryl methyl sites for hydroxylation is 2. The van der Waals surface area contributed by atoms with Gasteiger partial charge < -0.3 is 24.8 Å². The van der Waals surface area contributed by atoms with Gasteiger partial charge in [-0.2, -0.15) is 0 Å². The van der Waals surface area contributed by atoms with Crippen molar-refractivity contribution in [2.24, 2.45) is 10.2 Å². The average molecular weight is 550 g/mol. The monoisotopic (exact) mass is 550 g/mol. The molecule has 0 saturated carbocycles. The van der Waals surface area contributed by atoms with E-state index in [1.807, 2.05) is 0 Å². The number of nitrogens with zero attached hydrogens (tertiary/aromatic N) is 8. The first-order chi connectivity index (χ1) is 18.4. The van der Waals surface area contributed by atoms with Crippen LogP contribution in [-0.4, -0.2) is 65.6 Å². The smallest absolute Gasteiger partial charge is 0.330 e. The molecule has 0 unspecified atom stereocenters. The van der Waals surface area contributed by atoms with Crippen molar-refractivity contribution in [2.45, 2.75) is 63.1 Å². The van der Waals surface area contributed by atoms with Crippen molar-refractivity contribution in [1.29, 1.82) is 0 Å². The molecule has 39 heavy (non-hydrogen) atoms. The summed E-state index contributed by atoms with van der Waals surface area (Å²) in [6.07, 6.45) is 0.428. The van der Waals surface area contributed by atoms with E-state index in [2.05, 4.69) is 30.0 Å². The molecule has 2 aliphatic rings. The van der Waals surface area contributed by atoms with E-state index in [-0.39, 0.29) is 25.0 Å². The van der Waals surface area contributed by atoms with E-state index < -0.39 is 59.1 Å². The maximum Gasteiger partial charge on any atom is 0.330 e. The Labute approximate surface area is 217 Å². The average Bonchev–Trinajstić information content (AvgIpc) is 3.45. The summed E-state index contributed by atoms with van der Waals surface area (Å²) in [5, 5.41) is 35.1. The van der Waals surface area contributed by atoms with Crippen molar-refractivity contribution < 1.29 is 24.8 Å². The molecule has 0 bridgehead atoms. The van der Waals surface area contributed by atoms with Gasteiger partial charge in [-0.3, -0.25) is 28.7 Å². The Hall–Kier alpha value is -4.22. The van der Waals surface area contributed by atoms with Crippen LogP contribution in [0.15, 0.2) is 41.8 Å². The third-order valence-electron chi connectivity index (χ3n) is 6.20. The lowest BCUT2D eigenvalue weighted by molar-refractivity contribution is -0.109. The molecule has 0 amide bonds. The van der Waals surface area contributed by atoms with Crippen LogP contribution >= 0.6 is 0 Å². The summed E-state index contributed by atoms with van der Waals surface area (Å²) in [6.45, 7) is 2.22. The highest BCUT2D eigenvalue weighted by Gasteiger charge is 2.48. The van der Waals surface area contributed by atoms with Gasteiger partial charge in [0.1, 0.15) is 12.3 Å². The first kappa shape index (κ1) is 29.3. The Morgan fingerprint density at radius 1 is 1.03 bits per heavy atom. The third kappa shape index (κ3) is 5.94. The lowest BCUT2D eigenvalue weighted by Crippen LogP contribution is -2.43. The van der Waals surface area contributed by atoms with Crippen molar-refractivity contribution >= 4 is 0 Å². The van der Waals surface area contributed by atoms with Gasteiger partial charge in [-0.15, -0.1) is 0 Å². The highest BCUT2D eigenvalue weighted by Crippen LogP contribution is 2.37. The number of aliphatic hydroxyl groups excluding tert-OH is 2. The Bertz CT molecular complexity index is 1550. The van der Waals surface area contributed by atoms with Gasteiger partial charge >= 0.3 is 11.4 Å². The first-order valence-electron chi connectivity index (χ1n) is 11.5. The Balaban J connectivity index is 0.000000216. The highest BCUT2D eigenvalue weighted by molar-refractivity contribution is 5.04. The first-order valence-corrected chi connectivity index (χ1v) is 11.5. The second kappa shape index (κ2) is 11.7. The van der Waals surface area contributed by atoms with E-state index >= 15 is 0 Å². The van der Waals surface area contributed by atoms with Crippen LogP contribution in [-0.2, 0) is 15.3 Å².